The first kappa shape index (κ1) is 26.3. The minimum absolute atomic E-state index is 0.145. The second-order valence-electron chi connectivity index (χ2n) is 8.73. The van der Waals surface area contributed by atoms with Gasteiger partial charge in [0.2, 0.25) is 11.1 Å². The standard InChI is InChI=1S/C28H24ClN5O4S/c1-16-23(25(35)31-21-5-3-4-6-22(21)38-2)24(18-9-11-19(12-10-18)26(36)37)34-27(30-16)32-28(33-34)39-15-17-7-13-20(29)14-8-17/h3-14,24H,15H2,1-2H3,(H,31,35)(H,36,37)(H,30,32,33)/t24-/m0/s1. The lowest BCUT2D eigenvalue weighted by Gasteiger charge is -2.28. The number of halogens is 1. The highest BCUT2D eigenvalue weighted by Crippen LogP contribution is 2.37. The van der Waals surface area contributed by atoms with Crippen LogP contribution in [0.3, 0.4) is 0 Å². The van der Waals surface area contributed by atoms with Gasteiger partial charge in [-0.05, 0) is 54.4 Å². The third-order valence-electron chi connectivity index (χ3n) is 6.19. The van der Waals surface area contributed by atoms with E-state index in [9.17, 15) is 14.7 Å². The van der Waals surface area contributed by atoms with E-state index in [4.69, 9.17) is 21.4 Å². The molecule has 0 bridgehead atoms. The van der Waals surface area contributed by atoms with Crippen molar-refractivity contribution in [1.29, 1.82) is 0 Å². The van der Waals surface area contributed by atoms with Gasteiger partial charge < -0.3 is 20.5 Å². The number of aromatic nitrogens is 3. The minimum Gasteiger partial charge on any atom is -0.495 e. The number of carboxylic acids is 1. The highest BCUT2D eigenvalue weighted by Gasteiger charge is 2.34. The summed E-state index contributed by atoms with van der Waals surface area (Å²) in [6, 6.07) is 20.5. The van der Waals surface area contributed by atoms with Gasteiger partial charge in [0.25, 0.3) is 5.91 Å². The molecule has 1 aliphatic heterocycles. The predicted octanol–water partition coefficient (Wildman–Crippen LogP) is 5.86. The molecule has 5 rings (SSSR count). The topological polar surface area (TPSA) is 118 Å². The van der Waals surface area contributed by atoms with E-state index in [1.54, 1.807) is 41.9 Å². The molecule has 3 aromatic carbocycles. The smallest absolute Gasteiger partial charge is 0.335 e. The summed E-state index contributed by atoms with van der Waals surface area (Å²) in [5, 5.41) is 21.5. The molecule has 0 spiro atoms. The number of hydrogen-bond donors (Lipinski definition) is 3. The molecule has 3 N–H and O–H groups in total. The number of para-hydroxylation sites is 2. The van der Waals surface area contributed by atoms with Crippen molar-refractivity contribution in [2.24, 2.45) is 0 Å². The number of thioether (sulfide) groups is 1. The van der Waals surface area contributed by atoms with Gasteiger partial charge in [-0.1, -0.05) is 59.8 Å². The van der Waals surface area contributed by atoms with Gasteiger partial charge in [-0.2, -0.15) is 4.98 Å². The van der Waals surface area contributed by atoms with Crippen molar-refractivity contribution in [3.63, 3.8) is 0 Å². The van der Waals surface area contributed by atoms with Crippen molar-refractivity contribution < 1.29 is 19.4 Å². The molecule has 0 saturated heterocycles. The first-order chi connectivity index (χ1) is 18.8. The Bertz CT molecular complexity index is 1570. The molecule has 0 unspecified atom stereocenters. The van der Waals surface area contributed by atoms with Gasteiger partial charge >= 0.3 is 5.97 Å². The van der Waals surface area contributed by atoms with Gasteiger partial charge in [0.1, 0.15) is 11.8 Å². The number of anilines is 2. The van der Waals surface area contributed by atoms with Crippen LogP contribution in [0.2, 0.25) is 5.02 Å². The number of carboxylic acid groups (broad SMARTS) is 1. The number of ether oxygens (including phenoxy) is 1. The van der Waals surface area contributed by atoms with Crippen molar-refractivity contribution in [2.45, 2.75) is 23.9 Å². The quantitative estimate of drug-likeness (QED) is 0.229. The monoisotopic (exact) mass is 561 g/mol. The van der Waals surface area contributed by atoms with Crippen LogP contribution < -0.4 is 15.4 Å². The lowest BCUT2D eigenvalue weighted by atomic mass is 9.94. The van der Waals surface area contributed by atoms with E-state index in [-0.39, 0.29) is 11.5 Å². The first-order valence-electron chi connectivity index (χ1n) is 11.9. The summed E-state index contributed by atoms with van der Waals surface area (Å²) in [7, 11) is 1.54. The summed E-state index contributed by atoms with van der Waals surface area (Å²) in [6.45, 7) is 1.80. The lowest BCUT2D eigenvalue weighted by Crippen LogP contribution is -2.31. The van der Waals surface area contributed by atoms with Gasteiger partial charge in [-0.25, -0.2) is 9.48 Å². The Morgan fingerprint density at radius 1 is 1.10 bits per heavy atom. The molecular formula is C28H24ClN5O4S. The fourth-order valence-electron chi connectivity index (χ4n) is 4.27. The molecule has 9 nitrogen and oxygen atoms in total. The van der Waals surface area contributed by atoms with E-state index in [1.165, 1.54) is 31.0 Å². The van der Waals surface area contributed by atoms with Gasteiger partial charge in [0.15, 0.2) is 0 Å². The summed E-state index contributed by atoms with van der Waals surface area (Å²) in [5.41, 5.74) is 3.43. The second kappa shape index (κ2) is 11.2. The summed E-state index contributed by atoms with van der Waals surface area (Å²) in [5.74, 6) is 0.250. The average molecular weight is 562 g/mol. The largest absolute Gasteiger partial charge is 0.495 e. The molecule has 1 aliphatic rings. The Morgan fingerprint density at radius 2 is 1.82 bits per heavy atom. The second-order valence-corrected chi connectivity index (χ2v) is 10.1. The molecule has 198 valence electrons. The van der Waals surface area contributed by atoms with E-state index in [0.717, 1.165) is 5.56 Å². The summed E-state index contributed by atoms with van der Waals surface area (Å²) in [4.78, 5) is 29.8. The molecule has 0 radical (unpaired) electrons. The van der Waals surface area contributed by atoms with Crippen LogP contribution in [-0.4, -0.2) is 38.9 Å². The number of carbonyl (C=O) groups is 2. The maximum absolute atomic E-state index is 13.7. The number of benzene rings is 3. The Morgan fingerprint density at radius 3 is 2.51 bits per heavy atom. The number of nitrogens with one attached hydrogen (secondary N) is 2. The maximum atomic E-state index is 13.7. The Labute approximate surface area is 233 Å². The fraction of sp³-hybridized carbons (Fsp3) is 0.143. The molecule has 1 aromatic heterocycles. The number of nitrogens with zero attached hydrogens (tertiary/aromatic N) is 3. The molecule has 2 heterocycles. The SMILES string of the molecule is COc1ccccc1NC(=O)C1=C(C)Nc2nc(SCc3ccc(Cl)cc3)nn2[C@H]1c1ccc(C(=O)O)cc1. The maximum Gasteiger partial charge on any atom is 0.335 e. The molecule has 1 amide bonds. The summed E-state index contributed by atoms with van der Waals surface area (Å²) in [6.07, 6.45) is 0. The zero-order valence-corrected chi connectivity index (χ0v) is 22.6. The predicted molar refractivity (Wildman–Crippen MR) is 151 cm³/mol. The van der Waals surface area contributed by atoms with Gasteiger partial charge in [-0.15, -0.1) is 5.10 Å². The van der Waals surface area contributed by atoms with Gasteiger partial charge in [-0.3, -0.25) is 4.79 Å². The molecule has 4 aromatic rings. The number of methoxy groups -OCH3 is 1. The number of aromatic carboxylic acids is 1. The van der Waals surface area contributed by atoms with Crippen LogP contribution in [0.15, 0.2) is 89.2 Å². The normalized spacial score (nSPS) is 14.4. The van der Waals surface area contributed by atoms with Crippen LogP contribution in [0, 0.1) is 0 Å². The van der Waals surface area contributed by atoms with E-state index in [2.05, 4.69) is 15.6 Å². The lowest BCUT2D eigenvalue weighted by molar-refractivity contribution is -0.113. The Kier molecular flexibility index (Phi) is 7.58. The van der Waals surface area contributed by atoms with E-state index in [0.29, 0.717) is 50.2 Å². The van der Waals surface area contributed by atoms with Crippen molar-refractivity contribution in [3.8, 4) is 5.75 Å². The third-order valence-corrected chi connectivity index (χ3v) is 7.35. The molecule has 39 heavy (non-hydrogen) atoms. The molecular weight excluding hydrogens is 538 g/mol. The van der Waals surface area contributed by atoms with Crippen LogP contribution in [0.25, 0.3) is 0 Å². The van der Waals surface area contributed by atoms with E-state index < -0.39 is 12.0 Å². The fourth-order valence-corrected chi connectivity index (χ4v) is 5.18. The summed E-state index contributed by atoms with van der Waals surface area (Å²) < 4.78 is 7.05. The molecule has 0 fully saturated rings. The number of rotatable bonds is 8. The van der Waals surface area contributed by atoms with Gasteiger partial charge in [0, 0.05) is 16.5 Å². The zero-order chi connectivity index (χ0) is 27.5. The van der Waals surface area contributed by atoms with Crippen LogP contribution in [-0.2, 0) is 10.5 Å². The third kappa shape index (κ3) is 5.62. The van der Waals surface area contributed by atoms with Crippen LogP contribution >= 0.6 is 23.4 Å². The van der Waals surface area contributed by atoms with Crippen LogP contribution in [0.5, 0.6) is 5.75 Å². The Balaban J connectivity index is 1.50. The van der Waals surface area contributed by atoms with Crippen molar-refractivity contribution in [2.75, 3.05) is 17.7 Å². The minimum atomic E-state index is -1.03. The highest BCUT2D eigenvalue weighted by molar-refractivity contribution is 7.98. The first-order valence-corrected chi connectivity index (χ1v) is 13.3. The molecule has 0 saturated carbocycles. The number of carbonyl (C=O) groups excluding carboxylic acids is 1. The molecule has 0 aliphatic carbocycles. The number of fused-ring (bicyclic) bond motifs is 1. The van der Waals surface area contributed by atoms with Crippen LogP contribution in [0.4, 0.5) is 11.6 Å². The number of hydrogen-bond acceptors (Lipinski definition) is 7. The molecule has 1 atom stereocenters. The number of allylic oxidation sites excluding steroid dienone is 1. The van der Waals surface area contributed by atoms with Crippen molar-refractivity contribution in [1.82, 2.24) is 14.8 Å². The number of amides is 1. The van der Waals surface area contributed by atoms with E-state index >= 15 is 0 Å². The summed E-state index contributed by atoms with van der Waals surface area (Å²) >= 11 is 7.46. The highest BCUT2D eigenvalue weighted by atomic mass is 35.5. The van der Waals surface area contributed by atoms with Gasteiger partial charge in [0.05, 0.1) is 23.9 Å². The molecule has 11 heteroatoms. The average Bonchev–Trinajstić information content (AvgIpc) is 3.34. The van der Waals surface area contributed by atoms with Crippen molar-refractivity contribution in [3.05, 3.63) is 106 Å². The van der Waals surface area contributed by atoms with E-state index in [1.807, 2.05) is 30.3 Å². The van der Waals surface area contributed by atoms with Crippen LogP contribution in [0.1, 0.15) is 34.5 Å². The Hall–Kier alpha value is -4.28. The van der Waals surface area contributed by atoms with Crippen molar-refractivity contribution >= 4 is 46.9 Å². The zero-order valence-electron chi connectivity index (χ0n) is 21.0.